The lowest BCUT2D eigenvalue weighted by molar-refractivity contribution is -0.167. The highest BCUT2D eigenvalue weighted by atomic mass is 16.6. The molecule has 0 aliphatic rings. The van der Waals surface area contributed by atoms with Crippen molar-refractivity contribution in [1.82, 2.24) is 0 Å². The van der Waals surface area contributed by atoms with Crippen LogP contribution in [0.3, 0.4) is 0 Å². The van der Waals surface area contributed by atoms with Gasteiger partial charge in [0.1, 0.15) is 13.2 Å². The first kappa shape index (κ1) is 50.1. The predicted molar refractivity (Wildman–Crippen MR) is 224 cm³/mol. The summed E-state index contributed by atoms with van der Waals surface area (Å²) in [4.78, 5) is 37.5. The normalized spacial score (nSPS) is 12.6. The Bertz CT molecular complexity index is 991. The van der Waals surface area contributed by atoms with Gasteiger partial charge in [0, 0.05) is 19.3 Å². The summed E-state index contributed by atoms with van der Waals surface area (Å²) >= 11 is 0. The Kier molecular flexibility index (Phi) is 39.6. The number of unbranched alkanes of at least 4 members (excludes halogenated alkanes) is 17. The third-order valence-corrected chi connectivity index (χ3v) is 8.98. The van der Waals surface area contributed by atoms with Crippen molar-refractivity contribution >= 4 is 17.9 Å². The van der Waals surface area contributed by atoms with Gasteiger partial charge in [-0.15, -0.1) is 0 Å². The van der Waals surface area contributed by atoms with Crippen molar-refractivity contribution in [2.24, 2.45) is 0 Å². The molecule has 0 radical (unpaired) electrons. The molecule has 6 heteroatoms. The molecule has 0 aromatic heterocycles. The molecule has 0 aliphatic heterocycles. The average Bonchev–Trinajstić information content (AvgIpc) is 3.15. The molecule has 53 heavy (non-hydrogen) atoms. The maximum atomic E-state index is 12.6. The summed E-state index contributed by atoms with van der Waals surface area (Å²) in [6, 6.07) is 0. The van der Waals surface area contributed by atoms with Gasteiger partial charge in [-0.3, -0.25) is 14.4 Å². The van der Waals surface area contributed by atoms with Crippen molar-refractivity contribution in [3.63, 3.8) is 0 Å². The molecule has 0 aliphatic carbocycles. The molecule has 0 rings (SSSR count). The average molecular weight is 741 g/mol. The number of carbonyl (C=O) groups is 3. The minimum absolute atomic E-state index is 0.106. The number of carbonyl (C=O) groups excluding carboxylic acids is 3. The van der Waals surface area contributed by atoms with E-state index in [9.17, 15) is 14.4 Å². The van der Waals surface area contributed by atoms with E-state index in [0.29, 0.717) is 25.7 Å². The van der Waals surface area contributed by atoms with Crippen molar-refractivity contribution in [3.05, 3.63) is 60.8 Å². The Morgan fingerprint density at radius 2 is 0.755 bits per heavy atom. The maximum Gasteiger partial charge on any atom is 0.306 e. The zero-order valence-electron chi connectivity index (χ0n) is 34.5. The Morgan fingerprint density at radius 3 is 1.25 bits per heavy atom. The quantitative estimate of drug-likeness (QED) is 0.0271. The topological polar surface area (TPSA) is 78.9 Å². The predicted octanol–water partition coefficient (Wildman–Crippen LogP) is 13.7. The zero-order valence-corrected chi connectivity index (χ0v) is 34.5. The maximum absolute atomic E-state index is 12.6. The monoisotopic (exact) mass is 741 g/mol. The first-order valence-corrected chi connectivity index (χ1v) is 21.8. The third kappa shape index (κ3) is 40.1. The summed E-state index contributed by atoms with van der Waals surface area (Å²) in [5.41, 5.74) is 0. The molecule has 1 atom stereocenters. The van der Waals surface area contributed by atoms with E-state index in [1.807, 2.05) is 0 Å². The molecular weight excluding hydrogens is 661 g/mol. The Balaban J connectivity index is 4.43. The Labute approximate surface area is 326 Å². The second-order valence-electron chi connectivity index (χ2n) is 14.2. The summed E-state index contributed by atoms with van der Waals surface area (Å²) in [6.07, 6.45) is 49.4. The fourth-order valence-corrected chi connectivity index (χ4v) is 5.70. The van der Waals surface area contributed by atoms with Gasteiger partial charge in [-0.2, -0.15) is 0 Å². The van der Waals surface area contributed by atoms with Gasteiger partial charge >= 0.3 is 17.9 Å². The molecule has 0 bridgehead atoms. The summed E-state index contributed by atoms with van der Waals surface area (Å²) in [5, 5.41) is 0. The molecule has 304 valence electrons. The molecule has 0 spiro atoms. The second kappa shape index (κ2) is 41.9. The Morgan fingerprint density at radius 1 is 0.396 bits per heavy atom. The summed E-state index contributed by atoms with van der Waals surface area (Å²) in [5.74, 6) is -1.01. The van der Waals surface area contributed by atoms with Crippen LogP contribution in [0, 0.1) is 0 Å². The molecule has 1 unspecified atom stereocenters. The van der Waals surface area contributed by atoms with Crippen LogP contribution in [0.15, 0.2) is 60.8 Å². The molecule has 0 aromatic carbocycles. The number of allylic oxidation sites excluding steroid dienone is 10. The van der Waals surface area contributed by atoms with Crippen molar-refractivity contribution in [2.75, 3.05) is 13.2 Å². The van der Waals surface area contributed by atoms with Crippen LogP contribution >= 0.6 is 0 Å². The fraction of sp³-hybridized carbons (Fsp3) is 0.723. The van der Waals surface area contributed by atoms with Crippen LogP contribution in [0.2, 0.25) is 0 Å². The smallest absolute Gasteiger partial charge is 0.306 e. The zero-order chi connectivity index (χ0) is 38.7. The van der Waals surface area contributed by atoms with Gasteiger partial charge in [-0.05, 0) is 89.9 Å². The van der Waals surface area contributed by atoms with Gasteiger partial charge in [-0.25, -0.2) is 0 Å². The number of ether oxygens (including phenoxy) is 3. The fourth-order valence-electron chi connectivity index (χ4n) is 5.70. The van der Waals surface area contributed by atoms with E-state index in [-0.39, 0.29) is 37.5 Å². The van der Waals surface area contributed by atoms with Crippen LogP contribution in [0.1, 0.15) is 201 Å². The van der Waals surface area contributed by atoms with Gasteiger partial charge in [0.2, 0.25) is 0 Å². The van der Waals surface area contributed by atoms with Crippen LogP contribution in [0.5, 0.6) is 0 Å². The minimum Gasteiger partial charge on any atom is -0.462 e. The molecule has 0 aromatic rings. The van der Waals surface area contributed by atoms with E-state index in [0.717, 1.165) is 57.8 Å². The highest BCUT2D eigenvalue weighted by molar-refractivity contribution is 5.71. The summed E-state index contributed by atoms with van der Waals surface area (Å²) < 4.78 is 16.6. The van der Waals surface area contributed by atoms with Crippen LogP contribution in [-0.2, 0) is 28.6 Å². The van der Waals surface area contributed by atoms with E-state index >= 15 is 0 Å². The van der Waals surface area contributed by atoms with Gasteiger partial charge in [-0.1, -0.05) is 152 Å². The molecule has 0 amide bonds. The van der Waals surface area contributed by atoms with Crippen LogP contribution in [0.4, 0.5) is 0 Å². The first-order valence-electron chi connectivity index (χ1n) is 21.8. The number of esters is 3. The minimum atomic E-state index is -0.809. The van der Waals surface area contributed by atoms with E-state index in [1.54, 1.807) is 0 Å². The Hall–Kier alpha value is -2.89. The first-order chi connectivity index (χ1) is 26.0. The standard InChI is InChI=1S/C47H80O6/c1-4-7-10-13-16-19-21-22-23-24-26-28-31-34-37-40-46(49)52-43-44(42-51-45(48)39-36-33-30-27-18-15-12-9-6-3)53-47(50)41-38-35-32-29-25-20-17-14-11-8-5-2/h8,11,17,19-21,27,29-30,32,44H,4-7,9-10,12-16,18,22-26,28,31,33-43H2,1-3H3/b11-8-,20-17-,21-19-,30-27-,32-29-. The summed E-state index contributed by atoms with van der Waals surface area (Å²) in [6.45, 7) is 6.37. The largest absolute Gasteiger partial charge is 0.462 e. The van der Waals surface area contributed by atoms with Gasteiger partial charge in [0.15, 0.2) is 6.10 Å². The van der Waals surface area contributed by atoms with E-state index in [4.69, 9.17) is 14.2 Å². The third-order valence-electron chi connectivity index (χ3n) is 8.98. The number of rotatable bonds is 38. The second-order valence-corrected chi connectivity index (χ2v) is 14.2. The number of hydrogen-bond acceptors (Lipinski definition) is 6. The molecule has 0 saturated heterocycles. The molecule has 0 fully saturated rings. The van der Waals surface area contributed by atoms with Crippen LogP contribution < -0.4 is 0 Å². The SMILES string of the molecule is CC/C=C\C/C=C\C/C=C\CCCC(=O)OC(COC(=O)CCC/C=C\CCCCCC)COC(=O)CCCCCCCCC/C=C\CCCCCC. The highest BCUT2D eigenvalue weighted by Crippen LogP contribution is 2.12. The highest BCUT2D eigenvalue weighted by Gasteiger charge is 2.19. The molecular formula is C47H80O6. The van der Waals surface area contributed by atoms with Gasteiger partial charge in [0.05, 0.1) is 0 Å². The molecule has 6 nitrogen and oxygen atoms in total. The lowest BCUT2D eigenvalue weighted by Gasteiger charge is -2.18. The summed E-state index contributed by atoms with van der Waals surface area (Å²) in [7, 11) is 0. The van der Waals surface area contributed by atoms with E-state index < -0.39 is 6.10 Å². The van der Waals surface area contributed by atoms with Gasteiger partial charge in [0.25, 0.3) is 0 Å². The van der Waals surface area contributed by atoms with Crippen molar-refractivity contribution < 1.29 is 28.6 Å². The van der Waals surface area contributed by atoms with Crippen molar-refractivity contribution in [3.8, 4) is 0 Å². The van der Waals surface area contributed by atoms with Crippen molar-refractivity contribution in [1.29, 1.82) is 0 Å². The van der Waals surface area contributed by atoms with E-state index in [1.165, 1.54) is 89.9 Å². The molecule has 0 heterocycles. The lowest BCUT2D eigenvalue weighted by Crippen LogP contribution is -2.30. The van der Waals surface area contributed by atoms with Crippen LogP contribution in [0.25, 0.3) is 0 Å². The molecule has 0 N–H and O–H groups in total. The lowest BCUT2D eigenvalue weighted by atomic mass is 10.1. The number of hydrogen-bond donors (Lipinski definition) is 0. The van der Waals surface area contributed by atoms with Crippen LogP contribution in [-0.4, -0.2) is 37.2 Å². The molecule has 0 saturated carbocycles. The van der Waals surface area contributed by atoms with E-state index in [2.05, 4.69) is 81.5 Å². The van der Waals surface area contributed by atoms with Gasteiger partial charge < -0.3 is 14.2 Å². The van der Waals surface area contributed by atoms with Crippen molar-refractivity contribution in [2.45, 2.75) is 207 Å².